The van der Waals surface area contributed by atoms with E-state index in [4.69, 9.17) is 0 Å². The van der Waals surface area contributed by atoms with Crippen molar-refractivity contribution in [3.8, 4) is 0 Å². The van der Waals surface area contributed by atoms with Gasteiger partial charge in [0.1, 0.15) is 5.56 Å². The first-order valence-corrected chi connectivity index (χ1v) is 3.92. The van der Waals surface area contributed by atoms with E-state index in [-0.39, 0.29) is 16.5 Å². The molecule has 0 bridgehead atoms. The van der Waals surface area contributed by atoms with Crippen molar-refractivity contribution >= 4 is 28.0 Å². The van der Waals surface area contributed by atoms with Gasteiger partial charge in [0.25, 0.3) is 17.1 Å². The van der Waals surface area contributed by atoms with Gasteiger partial charge in [-0.25, -0.2) is 0 Å². The van der Waals surface area contributed by atoms with Crippen LogP contribution in [0.3, 0.4) is 0 Å². The number of hydrogen-bond donors (Lipinski definition) is 0. The van der Waals surface area contributed by atoms with E-state index in [1.54, 1.807) is 0 Å². The molecule has 0 saturated carbocycles. The van der Waals surface area contributed by atoms with Crippen molar-refractivity contribution in [1.82, 2.24) is 0 Å². The van der Waals surface area contributed by atoms with Crippen LogP contribution in [0, 0.1) is 37.3 Å². The highest BCUT2D eigenvalue weighted by atomic mass is 28.1. The molecule has 0 amide bonds. The fourth-order valence-electron chi connectivity index (χ4n) is 1.15. The number of rotatable bonds is 3. The van der Waals surface area contributed by atoms with Crippen molar-refractivity contribution in [3.63, 3.8) is 0 Å². The summed E-state index contributed by atoms with van der Waals surface area (Å²) in [5.41, 5.74) is -2.16. The lowest BCUT2D eigenvalue weighted by molar-refractivity contribution is -0.403. The number of nitrogens with zero attached hydrogens (tertiary/aromatic N) is 3. The Labute approximate surface area is 98.5 Å². The molecule has 0 radical (unpaired) electrons. The van der Waals surface area contributed by atoms with Crippen LogP contribution in [0.15, 0.2) is 12.1 Å². The first-order valence-electron chi connectivity index (χ1n) is 3.92. The van der Waals surface area contributed by atoms with Crippen LogP contribution >= 0.6 is 0 Å². The van der Waals surface area contributed by atoms with E-state index in [2.05, 4.69) is 0 Å². The standard InChI is InChI=1S/C7H5N3O6.H4Si/c1-4-6(9(13)14)2-5(8(11)12)3-7(4)10(15)16;/h2-3H,1H3;1H4. The lowest BCUT2D eigenvalue weighted by Gasteiger charge is -1.99. The third kappa shape index (κ3) is 2.81. The number of benzene rings is 1. The molecule has 0 spiro atoms. The average Bonchev–Trinajstić information content (AvgIpc) is 2.16. The van der Waals surface area contributed by atoms with Gasteiger partial charge < -0.3 is 0 Å². The van der Waals surface area contributed by atoms with E-state index < -0.39 is 31.8 Å². The summed E-state index contributed by atoms with van der Waals surface area (Å²) in [6.45, 7) is 1.17. The first-order chi connectivity index (χ1) is 7.34. The summed E-state index contributed by atoms with van der Waals surface area (Å²) in [6, 6.07) is 1.39. The van der Waals surface area contributed by atoms with E-state index >= 15 is 0 Å². The zero-order valence-electron chi connectivity index (χ0n) is 7.95. The second-order valence-electron chi connectivity index (χ2n) is 2.88. The van der Waals surface area contributed by atoms with Crippen molar-refractivity contribution in [2.75, 3.05) is 0 Å². The topological polar surface area (TPSA) is 129 Å². The molecule has 0 unspecified atom stereocenters. The van der Waals surface area contributed by atoms with Gasteiger partial charge in [-0.3, -0.25) is 30.3 Å². The predicted octanol–water partition coefficient (Wildman–Crippen LogP) is 0.268. The second kappa shape index (κ2) is 5.11. The van der Waals surface area contributed by atoms with Crippen LogP contribution in [0.4, 0.5) is 17.1 Å². The normalized spacial score (nSPS) is 9.24. The SMILES string of the molecule is Cc1c([N+](=O)[O-])cc([N+](=O)[O-])cc1[N+](=O)[O-].[SiH4]. The molecule has 0 aliphatic heterocycles. The highest BCUT2D eigenvalue weighted by molar-refractivity contribution is 5.75. The molecule has 0 heterocycles. The van der Waals surface area contributed by atoms with E-state index in [0.717, 1.165) is 0 Å². The van der Waals surface area contributed by atoms with Crippen molar-refractivity contribution in [2.45, 2.75) is 6.92 Å². The summed E-state index contributed by atoms with van der Waals surface area (Å²) in [5, 5.41) is 31.5. The molecule has 0 aliphatic rings. The van der Waals surface area contributed by atoms with Gasteiger partial charge in [0.15, 0.2) is 0 Å². The van der Waals surface area contributed by atoms with Crippen LogP contribution in [-0.2, 0) is 0 Å². The summed E-state index contributed by atoms with van der Waals surface area (Å²) in [6.07, 6.45) is 0. The molecule has 1 aromatic carbocycles. The van der Waals surface area contributed by atoms with Gasteiger partial charge in [-0.05, 0) is 17.9 Å². The maximum Gasteiger partial charge on any atom is 0.286 e. The minimum Gasteiger partial charge on any atom is -0.258 e. The Balaban J connectivity index is 0.00000256. The van der Waals surface area contributed by atoms with Crippen molar-refractivity contribution in [2.24, 2.45) is 0 Å². The van der Waals surface area contributed by atoms with Gasteiger partial charge in [0.05, 0.1) is 26.9 Å². The summed E-state index contributed by atoms with van der Waals surface area (Å²) in [4.78, 5) is 28.8. The average molecular weight is 259 g/mol. The fourth-order valence-corrected chi connectivity index (χ4v) is 1.15. The Kier molecular flexibility index (Phi) is 4.40. The quantitative estimate of drug-likeness (QED) is 0.435. The van der Waals surface area contributed by atoms with Gasteiger partial charge >= 0.3 is 0 Å². The zero-order chi connectivity index (χ0) is 12.5. The molecule has 1 aromatic rings. The Morgan fingerprint density at radius 3 is 1.47 bits per heavy atom. The highest BCUT2D eigenvalue weighted by Crippen LogP contribution is 2.32. The van der Waals surface area contributed by atoms with Gasteiger partial charge in [-0.15, -0.1) is 0 Å². The molecular formula is C7H9N3O6Si. The number of hydrogen-bond acceptors (Lipinski definition) is 6. The maximum atomic E-state index is 10.5. The predicted molar refractivity (Wildman–Crippen MR) is 62.5 cm³/mol. The monoisotopic (exact) mass is 259 g/mol. The molecule has 0 aromatic heterocycles. The van der Waals surface area contributed by atoms with Crippen LogP contribution in [0.1, 0.15) is 5.56 Å². The summed E-state index contributed by atoms with van der Waals surface area (Å²) < 4.78 is 0. The van der Waals surface area contributed by atoms with E-state index in [1.807, 2.05) is 0 Å². The van der Waals surface area contributed by atoms with E-state index in [0.29, 0.717) is 12.1 Å². The number of nitro groups is 3. The van der Waals surface area contributed by atoms with Crippen LogP contribution in [0.5, 0.6) is 0 Å². The van der Waals surface area contributed by atoms with Gasteiger partial charge in [0, 0.05) is 0 Å². The molecule has 10 heteroatoms. The summed E-state index contributed by atoms with van der Waals surface area (Å²) >= 11 is 0. The molecule has 0 fully saturated rings. The van der Waals surface area contributed by atoms with Crippen LogP contribution in [0.25, 0.3) is 0 Å². The third-order valence-electron chi connectivity index (χ3n) is 1.94. The minimum atomic E-state index is -0.917. The molecule has 0 aliphatic carbocycles. The molecule has 1 rings (SSSR count). The van der Waals surface area contributed by atoms with Crippen LogP contribution < -0.4 is 0 Å². The maximum absolute atomic E-state index is 10.5. The second-order valence-corrected chi connectivity index (χ2v) is 2.88. The van der Waals surface area contributed by atoms with Crippen LogP contribution in [-0.4, -0.2) is 25.7 Å². The van der Waals surface area contributed by atoms with Crippen molar-refractivity contribution < 1.29 is 14.8 Å². The molecule has 0 N–H and O–H groups in total. The molecule has 92 valence electrons. The van der Waals surface area contributed by atoms with E-state index in [1.165, 1.54) is 6.92 Å². The van der Waals surface area contributed by atoms with Gasteiger partial charge in [0.2, 0.25) is 0 Å². The summed E-state index contributed by atoms with van der Waals surface area (Å²) in [7, 11) is 0. The van der Waals surface area contributed by atoms with E-state index in [9.17, 15) is 30.3 Å². The Morgan fingerprint density at radius 1 is 0.882 bits per heavy atom. The Bertz CT molecular complexity index is 467. The fraction of sp³-hybridized carbons (Fsp3) is 0.143. The lowest BCUT2D eigenvalue weighted by Crippen LogP contribution is -2.00. The van der Waals surface area contributed by atoms with Crippen molar-refractivity contribution in [3.05, 3.63) is 48.0 Å². The summed E-state index contributed by atoms with van der Waals surface area (Å²) in [5.74, 6) is 0. The molecule has 0 atom stereocenters. The smallest absolute Gasteiger partial charge is 0.258 e. The molecule has 17 heavy (non-hydrogen) atoms. The Morgan fingerprint density at radius 2 is 1.24 bits per heavy atom. The number of non-ortho nitro benzene ring substituents is 1. The lowest BCUT2D eigenvalue weighted by atomic mass is 10.1. The van der Waals surface area contributed by atoms with Gasteiger partial charge in [-0.1, -0.05) is 0 Å². The first kappa shape index (κ1) is 14.6. The molecule has 0 saturated heterocycles. The van der Waals surface area contributed by atoms with Crippen molar-refractivity contribution in [1.29, 1.82) is 0 Å². The molecule has 9 nitrogen and oxygen atoms in total. The minimum absolute atomic E-state index is 0. The third-order valence-corrected chi connectivity index (χ3v) is 1.94. The largest absolute Gasteiger partial charge is 0.286 e. The van der Waals surface area contributed by atoms with Crippen LogP contribution in [0.2, 0.25) is 0 Å². The number of nitro benzene ring substituents is 3. The zero-order valence-corrected chi connectivity index (χ0v) is 7.95. The Hall–Kier alpha value is -2.36. The molecular weight excluding hydrogens is 250 g/mol. The van der Waals surface area contributed by atoms with Gasteiger partial charge in [-0.2, -0.15) is 0 Å². The highest BCUT2D eigenvalue weighted by Gasteiger charge is 2.27.